The largest absolute Gasteiger partial charge is 0.490 e. The van der Waals surface area contributed by atoms with E-state index in [4.69, 9.17) is 21.1 Å². The Morgan fingerprint density at radius 1 is 1.16 bits per heavy atom. The average molecular weight is 665 g/mol. The van der Waals surface area contributed by atoms with Crippen molar-refractivity contribution in [3.8, 4) is 11.5 Å². The van der Waals surface area contributed by atoms with Gasteiger partial charge in [0.2, 0.25) is 0 Å². The number of aliphatic imine (C=N–C) groups is 1. The zero-order valence-corrected chi connectivity index (χ0v) is 23.0. The topological polar surface area (TPSA) is 116 Å². The molecule has 0 saturated heterocycles. The minimum atomic E-state index is -3.35. The molecular formula is C24H24ClF2IN4O6. The smallest absolute Gasteiger partial charge is 0.451 e. The summed E-state index contributed by atoms with van der Waals surface area (Å²) in [5, 5.41) is 12.8. The fraction of sp³-hybridized carbons (Fsp3) is 0.292. The van der Waals surface area contributed by atoms with E-state index in [9.17, 15) is 23.5 Å². The van der Waals surface area contributed by atoms with E-state index in [-0.39, 0.29) is 43.6 Å². The molecule has 2 N–H and O–H groups in total. The van der Waals surface area contributed by atoms with Gasteiger partial charge < -0.3 is 24.6 Å². The number of benzene rings is 2. The molecule has 38 heavy (non-hydrogen) atoms. The summed E-state index contributed by atoms with van der Waals surface area (Å²) in [6.07, 6.45) is 1.07. The Hall–Kier alpha value is -3.17. The summed E-state index contributed by atoms with van der Waals surface area (Å²) >= 11 is 6.79. The molecule has 2 aromatic carbocycles. The summed E-state index contributed by atoms with van der Waals surface area (Å²) in [5.41, 5.74) is -0.437. The Morgan fingerprint density at radius 3 is 2.55 bits per heavy atom. The fourth-order valence-electron chi connectivity index (χ4n) is 3.26. The molecule has 0 aliphatic heterocycles. The second-order valence-electron chi connectivity index (χ2n) is 7.68. The monoisotopic (exact) mass is 664 g/mol. The Balaban J connectivity index is 1.69. The minimum absolute atomic E-state index is 0.0219. The molecule has 0 radical (unpaired) electrons. The zero-order valence-electron chi connectivity index (χ0n) is 20.1. The third-order valence-corrected chi connectivity index (χ3v) is 5.46. The molecular weight excluding hydrogens is 641 g/mol. The lowest BCUT2D eigenvalue weighted by Crippen LogP contribution is -2.40. The van der Waals surface area contributed by atoms with E-state index in [2.05, 4.69) is 15.0 Å². The van der Waals surface area contributed by atoms with Crippen molar-refractivity contribution in [1.82, 2.24) is 9.13 Å². The van der Waals surface area contributed by atoms with Gasteiger partial charge in [0.05, 0.1) is 35.7 Å². The van der Waals surface area contributed by atoms with Gasteiger partial charge in [0, 0.05) is 24.7 Å². The number of aliphatic hydroxyl groups is 1. The van der Waals surface area contributed by atoms with Crippen molar-refractivity contribution in [2.45, 2.75) is 17.2 Å². The predicted octanol–water partition coefficient (Wildman–Crippen LogP) is 3.92. The van der Waals surface area contributed by atoms with Crippen molar-refractivity contribution >= 4 is 52.1 Å². The maximum Gasteiger partial charge on any atom is 0.451 e. The molecule has 0 saturated carbocycles. The Labute approximate surface area is 234 Å². The molecule has 0 bridgehead atoms. The van der Waals surface area contributed by atoms with Crippen molar-refractivity contribution in [2.75, 3.05) is 25.1 Å². The van der Waals surface area contributed by atoms with Gasteiger partial charge in [0.1, 0.15) is 30.4 Å². The van der Waals surface area contributed by atoms with Gasteiger partial charge in [-0.25, -0.2) is 9.79 Å². The molecule has 0 atom stereocenters. The molecule has 0 aliphatic carbocycles. The highest BCUT2D eigenvalue weighted by Crippen LogP contribution is 2.29. The van der Waals surface area contributed by atoms with E-state index in [0.29, 0.717) is 10.8 Å². The van der Waals surface area contributed by atoms with Crippen LogP contribution in [-0.2, 0) is 24.9 Å². The van der Waals surface area contributed by atoms with E-state index < -0.39 is 22.0 Å². The van der Waals surface area contributed by atoms with Gasteiger partial charge in [-0.1, -0.05) is 29.8 Å². The van der Waals surface area contributed by atoms with E-state index in [1.54, 1.807) is 30.3 Å². The lowest BCUT2D eigenvalue weighted by atomic mass is 10.2. The normalized spacial score (nSPS) is 11.5. The van der Waals surface area contributed by atoms with Crippen molar-refractivity contribution in [1.29, 1.82) is 0 Å². The molecule has 1 aromatic heterocycles. The van der Waals surface area contributed by atoms with E-state index in [0.717, 1.165) is 43.7 Å². The molecule has 0 aliphatic rings. The van der Waals surface area contributed by atoms with Gasteiger partial charge >= 0.3 is 9.81 Å². The maximum absolute atomic E-state index is 13.0. The highest BCUT2D eigenvalue weighted by molar-refractivity contribution is 14.1. The summed E-state index contributed by atoms with van der Waals surface area (Å²) in [6.45, 7) is -0.254. The fourth-order valence-corrected chi connectivity index (χ4v) is 3.64. The Bertz CT molecular complexity index is 1380. The summed E-state index contributed by atoms with van der Waals surface area (Å²) in [6, 6.07) is 12.8. The number of nitrogens with one attached hydrogen (secondary N) is 1. The molecule has 0 unspecified atom stereocenters. The van der Waals surface area contributed by atoms with E-state index in [1.165, 1.54) is 25.2 Å². The van der Waals surface area contributed by atoms with Crippen molar-refractivity contribution in [2.24, 2.45) is 12.0 Å². The number of ether oxygens (including phenoxy) is 3. The molecule has 0 spiro atoms. The van der Waals surface area contributed by atoms with Crippen LogP contribution in [0.25, 0.3) is 0 Å². The predicted molar refractivity (Wildman–Crippen MR) is 147 cm³/mol. The van der Waals surface area contributed by atoms with Crippen LogP contribution in [0.1, 0.15) is 5.56 Å². The lowest BCUT2D eigenvalue weighted by molar-refractivity contribution is -0.0692. The number of anilines is 1. The summed E-state index contributed by atoms with van der Waals surface area (Å²) in [7, 11) is 1.44. The average Bonchev–Trinajstić information content (AvgIpc) is 2.86. The second kappa shape index (κ2) is 13.6. The third kappa shape index (κ3) is 8.43. The van der Waals surface area contributed by atoms with Crippen LogP contribution in [-0.4, -0.2) is 44.6 Å². The number of hydrogen-bond donors (Lipinski definition) is 2. The van der Waals surface area contributed by atoms with Crippen LogP contribution in [0.15, 0.2) is 63.1 Å². The molecule has 3 rings (SSSR count). The van der Waals surface area contributed by atoms with Gasteiger partial charge in [-0.3, -0.25) is 13.9 Å². The number of alkyl halides is 3. The number of halogens is 4. The molecule has 0 amide bonds. The lowest BCUT2D eigenvalue weighted by Gasteiger charge is -2.15. The van der Waals surface area contributed by atoms with Gasteiger partial charge in [0.25, 0.3) is 5.56 Å². The van der Waals surface area contributed by atoms with Gasteiger partial charge in [-0.05, 0) is 29.8 Å². The highest BCUT2D eigenvalue weighted by Gasteiger charge is 2.26. The summed E-state index contributed by atoms with van der Waals surface area (Å²) in [4.78, 5) is 29.8. The Morgan fingerprint density at radius 2 is 1.87 bits per heavy atom. The SMILES string of the molecule is Cn1c(N=COCCOc2cccc(OC(F)(F)I)c2)c(NCc2ccc(Cl)cc2)c(=O)n(CCO)c1=O. The van der Waals surface area contributed by atoms with Crippen LogP contribution in [0, 0.1) is 0 Å². The summed E-state index contributed by atoms with van der Waals surface area (Å²) < 4.78 is 40.0. The number of hydrogen-bond acceptors (Lipinski definition) is 8. The second-order valence-corrected chi connectivity index (χ2v) is 9.37. The number of nitrogens with zero attached hydrogens (tertiary/aromatic N) is 3. The van der Waals surface area contributed by atoms with Crippen LogP contribution < -0.4 is 26.0 Å². The van der Waals surface area contributed by atoms with Crippen molar-refractivity contribution in [3.05, 3.63) is 80.0 Å². The zero-order chi connectivity index (χ0) is 27.7. The molecule has 10 nitrogen and oxygen atoms in total. The van der Waals surface area contributed by atoms with E-state index in [1.807, 2.05) is 0 Å². The van der Waals surface area contributed by atoms with E-state index >= 15 is 0 Å². The van der Waals surface area contributed by atoms with Crippen LogP contribution in [0.4, 0.5) is 20.3 Å². The van der Waals surface area contributed by atoms with Crippen LogP contribution in [0.3, 0.4) is 0 Å². The van der Waals surface area contributed by atoms with Crippen LogP contribution >= 0.6 is 34.2 Å². The summed E-state index contributed by atoms with van der Waals surface area (Å²) in [5.74, 6) is 0.265. The van der Waals surface area contributed by atoms with Crippen molar-refractivity contribution < 1.29 is 28.1 Å². The number of aromatic nitrogens is 2. The number of aliphatic hydroxyl groups excluding tert-OH is 1. The quantitative estimate of drug-likeness (QED) is 0.0936. The van der Waals surface area contributed by atoms with Gasteiger partial charge in [-0.2, -0.15) is 8.78 Å². The minimum Gasteiger partial charge on any atom is -0.490 e. The molecule has 1 heterocycles. The molecule has 3 aromatic rings. The van der Waals surface area contributed by atoms with Gasteiger partial charge in [-0.15, -0.1) is 0 Å². The molecule has 204 valence electrons. The van der Waals surface area contributed by atoms with Crippen molar-refractivity contribution in [3.63, 3.8) is 0 Å². The highest BCUT2D eigenvalue weighted by atomic mass is 127. The van der Waals surface area contributed by atoms with Crippen LogP contribution in [0.2, 0.25) is 5.02 Å². The Kier molecular flexibility index (Phi) is 10.5. The molecule has 0 fully saturated rings. The van der Waals surface area contributed by atoms with Gasteiger partial charge in [0.15, 0.2) is 12.2 Å². The first-order valence-corrected chi connectivity index (χ1v) is 12.6. The number of rotatable bonds is 13. The van der Waals surface area contributed by atoms with Crippen LogP contribution in [0.5, 0.6) is 11.5 Å². The standard InChI is InChI=1S/C24H24ClF2IN4O6/c1-31-21(30-15-36-11-12-37-18-3-2-4-19(13-18)38-24(26,27)28)20(22(34)32(9-10-33)23(31)35)29-14-16-5-7-17(25)8-6-16/h2-8,13,15,29,33H,9-12,14H2,1H3. The first kappa shape index (κ1) is 29.4. The molecule has 14 heteroatoms. The first-order chi connectivity index (χ1) is 18.1. The maximum atomic E-state index is 13.0. The third-order valence-electron chi connectivity index (χ3n) is 4.98. The first-order valence-electron chi connectivity index (χ1n) is 11.1.